The molecule has 0 N–H and O–H groups in total. The van der Waals surface area contributed by atoms with Crippen LogP contribution in [0.25, 0.3) is 110 Å². The molecule has 0 atom stereocenters. The van der Waals surface area contributed by atoms with Crippen LogP contribution >= 0.6 is 0 Å². The fourth-order valence-corrected chi connectivity index (χ4v) is 10.4. The summed E-state index contributed by atoms with van der Waals surface area (Å²) < 4.78 is 4.95. The van der Waals surface area contributed by atoms with E-state index < -0.39 is 0 Å². The van der Waals surface area contributed by atoms with Gasteiger partial charge in [-0.2, -0.15) is 0 Å². The third kappa shape index (κ3) is 2.70. The van der Waals surface area contributed by atoms with Gasteiger partial charge in [0, 0.05) is 22.5 Å². The highest BCUT2D eigenvalue weighted by atomic mass is 15.1. The van der Waals surface area contributed by atoms with Crippen LogP contribution in [0.1, 0.15) is 0 Å². The largest absolute Gasteiger partial charge is 0.293 e. The van der Waals surface area contributed by atoms with Crippen LogP contribution in [0.2, 0.25) is 0 Å². The Balaban J connectivity index is 1.36. The molecule has 0 saturated heterocycles. The van der Waals surface area contributed by atoms with E-state index in [0.29, 0.717) is 0 Å². The fraction of sp³-hybridized carbons (Fsp3) is 0. The van der Waals surface area contributed by atoms with E-state index in [9.17, 15) is 0 Å². The SMILES string of the molecule is c1ccc(-c2nc3cc4c5ccccc5c5c6ccccc6c6cc7nc(-c8ccccc8)n8c7c7c6c5c4c4c3n2-c2cccc-8c2B47)cc1. The van der Waals surface area contributed by atoms with E-state index in [0.717, 1.165) is 33.8 Å². The second kappa shape index (κ2) is 8.35. The molecule has 3 aliphatic heterocycles. The maximum atomic E-state index is 5.53. The van der Waals surface area contributed by atoms with Gasteiger partial charge in [-0.05, 0) is 94.5 Å². The minimum absolute atomic E-state index is 0.0484. The summed E-state index contributed by atoms with van der Waals surface area (Å²) in [6, 6.07) is 51.1. The monoisotopic (exact) mass is 642 g/mol. The quantitative estimate of drug-likeness (QED) is 0.140. The van der Waals surface area contributed by atoms with Gasteiger partial charge in [-0.3, -0.25) is 9.13 Å². The molecule has 14 rings (SSSR count). The molecule has 2 aromatic heterocycles. The second-order valence-electron chi connectivity index (χ2n) is 14.4. The lowest BCUT2D eigenvalue weighted by molar-refractivity contribution is 1.07. The third-order valence-corrected chi connectivity index (χ3v) is 12.2. The van der Waals surface area contributed by atoms with Crippen LogP contribution in [0.5, 0.6) is 0 Å². The first kappa shape index (κ1) is 25.3. The predicted molar refractivity (Wildman–Crippen MR) is 212 cm³/mol. The molecule has 0 radical (unpaired) electrons. The van der Waals surface area contributed by atoms with Crippen molar-refractivity contribution in [3.05, 3.63) is 140 Å². The molecule has 0 fully saturated rings. The minimum atomic E-state index is 0.0484. The van der Waals surface area contributed by atoms with Crippen molar-refractivity contribution in [2.24, 2.45) is 0 Å². The average molecular weight is 643 g/mol. The molecule has 11 aromatic rings. The first-order valence-electron chi connectivity index (χ1n) is 17.7. The summed E-state index contributed by atoms with van der Waals surface area (Å²) in [7, 11) is 0. The molecule has 0 spiro atoms. The first-order valence-corrected chi connectivity index (χ1v) is 17.7. The van der Waals surface area contributed by atoms with E-state index in [-0.39, 0.29) is 6.71 Å². The van der Waals surface area contributed by atoms with Crippen molar-refractivity contribution in [1.82, 2.24) is 19.1 Å². The fourth-order valence-electron chi connectivity index (χ4n) is 10.4. The van der Waals surface area contributed by atoms with Gasteiger partial charge >= 0.3 is 0 Å². The lowest BCUT2D eigenvalue weighted by atomic mass is 9.32. The van der Waals surface area contributed by atoms with Crippen molar-refractivity contribution < 1.29 is 0 Å². The Kier molecular flexibility index (Phi) is 4.14. The Bertz CT molecular complexity index is 3240. The smallest absolute Gasteiger partial charge is 0.254 e. The van der Waals surface area contributed by atoms with Gasteiger partial charge in [0.05, 0.1) is 22.1 Å². The Morgan fingerprint density at radius 1 is 0.373 bits per heavy atom. The van der Waals surface area contributed by atoms with Crippen molar-refractivity contribution in [3.8, 4) is 34.2 Å². The molecule has 0 bridgehead atoms. The molecule has 5 heteroatoms. The summed E-state index contributed by atoms with van der Waals surface area (Å²) in [5.41, 5.74) is 13.3. The highest BCUT2D eigenvalue weighted by Crippen LogP contribution is 2.49. The third-order valence-electron chi connectivity index (χ3n) is 12.2. The van der Waals surface area contributed by atoms with Crippen LogP contribution in [-0.4, -0.2) is 25.8 Å². The van der Waals surface area contributed by atoms with Crippen molar-refractivity contribution in [2.45, 2.75) is 0 Å². The van der Waals surface area contributed by atoms with Crippen LogP contribution in [0, 0.1) is 0 Å². The van der Waals surface area contributed by atoms with Crippen LogP contribution in [0.15, 0.2) is 140 Å². The van der Waals surface area contributed by atoms with Crippen LogP contribution in [0.4, 0.5) is 0 Å². The van der Waals surface area contributed by atoms with E-state index in [1.807, 2.05) is 0 Å². The van der Waals surface area contributed by atoms with Gasteiger partial charge < -0.3 is 0 Å². The number of aromatic nitrogens is 4. The van der Waals surface area contributed by atoms with Crippen molar-refractivity contribution >= 4 is 99.0 Å². The summed E-state index contributed by atoms with van der Waals surface area (Å²) >= 11 is 0. The van der Waals surface area contributed by atoms with Gasteiger partial charge in [0.2, 0.25) is 0 Å². The number of rotatable bonds is 2. The van der Waals surface area contributed by atoms with E-state index in [1.54, 1.807) is 0 Å². The Morgan fingerprint density at radius 2 is 0.824 bits per heavy atom. The van der Waals surface area contributed by atoms with Gasteiger partial charge in [0.1, 0.15) is 11.6 Å². The second-order valence-corrected chi connectivity index (χ2v) is 14.4. The number of hydrogen-bond donors (Lipinski definition) is 0. The van der Waals surface area contributed by atoms with Gasteiger partial charge in [0.25, 0.3) is 6.71 Å². The maximum absolute atomic E-state index is 5.53. The maximum Gasteiger partial charge on any atom is 0.254 e. The van der Waals surface area contributed by atoms with Crippen molar-refractivity contribution in [2.75, 3.05) is 0 Å². The molecule has 3 aliphatic rings. The van der Waals surface area contributed by atoms with Crippen molar-refractivity contribution in [3.63, 3.8) is 0 Å². The minimum Gasteiger partial charge on any atom is -0.293 e. The zero-order chi connectivity index (χ0) is 32.7. The summed E-state index contributed by atoms with van der Waals surface area (Å²) in [5.74, 6) is 1.97. The zero-order valence-corrected chi connectivity index (χ0v) is 27.1. The lowest BCUT2D eigenvalue weighted by Gasteiger charge is -2.37. The molecule has 5 heterocycles. The highest BCUT2D eigenvalue weighted by molar-refractivity contribution is 7.04. The molecule has 0 aliphatic carbocycles. The normalized spacial score (nSPS) is 13.5. The molecule has 9 aromatic carbocycles. The molecule has 4 nitrogen and oxygen atoms in total. The van der Waals surface area contributed by atoms with Crippen LogP contribution in [0.3, 0.4) is 0 Å². The van der Waals surface area contributed by atoms with Crippen molar-refractivity contribution in [1.29, 1.82) is 0 Å². The van der Waals surface area contributed by atoms with E-state index in [2.05, 4.69) is 149 Å². The molecule has 51 heavy (non-hydrogen) atoms. The Labute approximate surface area is 290 Å². The van der Waals surface area contributed by atoms with E-state index in [1.165, 1.54) is 92.7 Å². The predicted octanol–water partition coefficient (Wildman–Crippen LogP) is 8.92. The number of hydrogen-bond acceptors (Lipinski definition) is 2. The highest BCUT2D eigenvalue weighted by Gasteiger charge is 2.46. The molecule has 0 amide bonds. The zero-order valence-electron chi connectivity index (χ0n) is 27.1. The molecule has 0 saturated carbocycles. The number of benzene rings is 9. The Hall–Kier alpha value is -6.72. The van der Waals surface area contributed by atoms with E-state index >= 15 is 0 Å². The van der Waals surface area contributed by atoms with Crippen LogP contribution < -0.4 is 16.4 Å². The van der Waals surface area contributed by atoms with Gasteiger partial charge in [-0.15, -0.1) is 0 Å². The summed E-state index contributed by atoms with van der Waals surface area (Å²) in [5, 5.41) is 13.2. The molecular weight excluding hydrogens is 619 g/mol. The molecular formula is C46H23BN4. The Morgan fingerprint density at radius 3 is 1.31 bits per heavy atom. The summed E-state index contributed by atoms with van der Waals surface area (Å²) in [6.45, 7) is 0.0484. The van der Waals surface area contributed by atoms with Gasteiger partial charge in [-0.1, -0.05) is 115 Å². The number of nitrogens with zero attached hydrogens (tertiary/aromatic N) is 4. The molecule has 230 valence electrons. The van der Waals surface area contributed by atoms with Gasteiger partial charge in [0.15, 0.2) is 0 Å². The van der Waals surface area contributed by atoms with Gasteiger partial charge in [-0.25, -0.2) is 9.97 Å². The number of imidazole rings is 2. The summed E-state index contributed by atoms with van der Waals surface area (Å²) in [6.07, 6.45) is 0. The average Bonchev–Trinajstić information content (AvgIpc) is 3.78. The number of fused-ring (bicyclic) bond motifs is 8. The topological polar surface area (TPSA) is 35.6 Å². The standard InChI is InChI=1S/C46H23BN4/c1-3-12-24(13-4-1)45-48-32-22-30-26-16-7-9-18-28(26)36-29-19-10-8-17-27(29)31-23-33-44-42-38(31)39(36)37(30)41-43(32)50(45)34-20-11-21-35(40(34)47(41)42)51(44)46(49-33)25-14-5-2-6-15-25/h1-23H. The molecule has 0 unspecified atom stereocenters. The van der Waals surface area contributed by atoms with E-state index in [4.69, 9.17) is 9.97 Å². The summed E-state index contributed by atoms with van der Waals surface area (Å²) in [4.78, 5) is 11.1. The lowest BCUT2D eigenvalue weighted by Crippen LogP contribution is -2.61. The van der Waals surface area contributed by atoms with Crippen LogP contribution in [-0.2, 0) is 0 Å². The first-order chi connectivity index (χ1) is 25.3.